The zero-order valence-electron chi connectivity index (χ0n) is 16.9. The minimum atomic E-state index is -0.422. The van der Waals surface area contributed by atoms with Gasteiger partial charge < -0.3 is 15.2 Å². The van der Waals surface area contributed by atoms with Crippen molar-refractivity contribution in [1.82, 2.24) is 5.32 Å². The number of halogens is 2. The number of hydrogen-bond acceptors (Lipinski definition) is 3. The van der Waals surface area contributed by atoms with Crippen LogP contribution in [0.3, 0.4) is 0 Å². The number of benzene rings is 2. The largest absolute Gasteiger partial charge is 0.507 e. The van der Waals surface area contributed by atoms with Gasteiger partial charge in [0.05, 0.1) is 0 Å². The Kier molecular flexibility index (Phi) is 6.36. The second-order valence-electron chi connectivity index (χ2n) is 8.07. The van der Waals surface area contributed by atoms with Gasteiger partial charge in [-0.25, -0.2) is 8.78 Å². The fraction of sp³-hybridized carbons (Fsp3) is 0.360. The second kappa shape index (κ2) is 9.33. The highest BCUT2D eigenvalue weighted by Crippen LogP contribution is 2.33. The van der Waals surface area contributed by atoms with Crippen molar-refractivity contribution in [2.24, 2.45) is 5.92 Å². The van der Waals surface area contributed by atoms with Crippen LogP contribution in [0.1, 0.15) is 44.1 Å². The maximum atomic E-state index is 13.3. The van der Waals surface area contributed by atoms with Gasteiger partial charge in [0.25, 0.3) is 0 Å². The Morgan fingerprint density at radius 1 is 1.03 bits per heavy atom. The number of phenols is 1. The van der Waals surface area contributed by atoms with Crippen LogP contribution in [0.5, 0.6) is 11.5 Å². The van der Waals surface area contributed by atoms with E-state index in [1.807, 2.05) is 0 Å². The fourth-order valence-corrected chi connectivity index (χ4v) is 4.40. The average molecular weight is 411 g/mol. The van der Waals surface area contributed by atoms with Crippen molar-refractivity contribution in [3.8, 4) is 11.5 Å². The molecule has 0 saturated heterocycles. The predicted octanol–water partition coefficient (Wildman–Crippen LogP) is 5.96. The summed E-state index contributed by atoms with van der Waals surface area (Å²) in [5.41, 5.74) is 2.88. The Bertz CT molecular complexity index is 954. The first-order valence-electron chi connectivity index (χ1n) is 10.6. The minimum absolute atomic E-state index is 0.00963. The molecule has 5 heteroatoms. The Morgan fingerprint density at radius 2 is 1.90 bits per heavy atom. The van der Waals surface area contributed by atoms with E-state index in [0.29, 0.717) is 24.3 Å². The summed E-state index contributed by atoms with van der Waals surface area (Å²) < 4.78 is 32.4. The van der Waals surface area contributed by atoms with Gasteiger partial charge in [0.2, 0.25) is 0 Å². The van der Waals surface area contributed by atoms with Crippen molar-refractivity contribution in [3.05, 3.63) is 77.5 Å². The standard InChI is InChI=1S/C25H27F2NO2/c26-19-8-4-9-22(14-19)30-16-21-13-18-7-3-6-17(5-1-2-10-24(18)28-21)23-12-11-20(27)15-25(23)29/h4,6,8-9,11-15,18,24,28-29H,1-3,5,7,10,16H2/b17-6+. The van der Waals surface area contributed by atoms with Crippen molar-refractivity contribution in [1.29, 1.82) is 0 Å². The lowest BCUT2D eigenvalue weighted by Gasteiger charge is -2.22. The van der Waals surface area contributed by atoms with E-state index >= 15 is 0 Å². The topological polar surface area (TPSA) is 41.5 Å². The van der Waals surface area contributed by atoms with Crippen LogP contribution in [0.25, 0.3) is 5.57 Å². The molecule has 3 nitrogen and oxygen atoms in total. The van der Waals surface area contributed by atoms with Crippen molar-refractivity contribution in [2.45, 2.75) is 44.6 Å². The number of ether oxygens (including phenoxy) is 1. The molecule has 0 radical (unpaired) electrons. The van der Waals surface area contributed by atoms with E-state index < -0.39 is 5.82 Å². The van der Waals surface area contributed by atoms with Crippen LogP contribution in [0.2, 0.25) is 0 Å². The molecule has 2 atom stereocenters. The number of phenolic OH excluding ortho intramolecular Hbond substituents is 1. The van der Waals surface area contributed by atoms with E-state index in [4.69, 9.17) is 4.74 Å². The smallest absolute Gasteiger partial charge is 0.127 e. The molecular formula is C25H27F2NO2. The molecule has 2 N–H and O–H groups in total. The molecular weight excluding hydrogens is 384 g/mol. The molecule has 0 amide bonds. The van der Waals surface area contributed by atoms with E-state index in [2.05, 4.69) is 17.5 Å². The van der Waals surface area contributed by atoms with E-state index in [1.165, 1.54) is 24.3 Å². The van der Waals surface area contributed by atoms with Gasteiger partial charge in [0, 0.05) is 29.4 Å². The monoisotopic (exact) mass is 411 g/mol. The van der Waals surface area contributed by atoms with Gasteiger partial charge in [-0.2, -0.15) is 0 Å². The summed E-state index contributed by atoms with van der Waals surface area (Å²) in [6.45, 7) is 0.404. The van der Waals surface area contributed by atoms with Crippen LogP contribution >= 0.6 is 0 Å². The molecule has 0 aromatic heterocycles. The zero-order chi connectivity index (χ0) is 20.9. The number of allylic oxidation sites excluding steroid dienone is 2. The highest BCUT2D eigenvalue weighted by molar-refractivity contribution is 5.70. The normalized spacial score (nSPS) is 23.5. The third kappa shape index (κ3) is 5.02. The van der Waals surface area contributed by atoms with Gasteiger partial charge in [-0.3, -0.25) is 0 Å². The van der Waals surface area contributed by atoms with Gasteiger partial charge in [-0.1, -0.05) is 24.6 Å². The molecule has 1 aliphatic carbocycles. The van der Waals surface area contributed by atoms with Gasteiger partial charge in [0.1, 0.15) is 29.7 Å². The highest BCUT2D eigenvalue weighted by atomic mass is 19.1. The molecule has 1 heterocycles. The summed E-state index contributed by atoms with van der Waals surface area (Å²) in [7, 11) is 0. The number of nitrogens with one attached hydrogen (secondary N) is 1. The van der Waals surface area contributed by atoms with Crippen LogP contribution in [-0.4, -0.2) is 17.8 Å². The first-order valence-corrected chi connectivity index (χ1v) is 10.6. The molecule has 1 aliphatic heterocycles. The third-order valence-electron chi connectivity index (χ3n) is 5.90. The van der Waals surface area contributed by atoms with Crippen LogP contribution in [-0.2, 0) is 0 Å². The molecule has 2 aromatic rings. The SMILES string of the molecule is Oc1cc(F)ccc1/C1=C/CCC2C=C(COc3cccc(F)c3)NC2CCCC1. The van der Waals surface area contributed by atoms with Crippen molar-refractivity contribution < 1.29 is 18.6 Å². The fourth-order valence-electron chi connectivity index (χ4n) is 4.40. The van der Waals surface area contributed by atoms with Crippen molar-refractivity contribution in [3.63, 3.8) is 0 Å². The number of hydrogen-bond donors (Lipinski definition) is 2. The number of aromatic hydroxyl groups is 1. The van der Waals surface area contributed by atoms with E-state index in [1.54, 1.807) is 18.2 Å². The maximum absolute atomic E-state index is 13.3. The zero-order valence-corrected chi connectivity index (χ0v) is 16.9. The lowest BCUT2D eigenvalue weighted by Crippen LogP contribution is -2.30. The summed E-state index contributed by atoms with van der Waals surface area (Å²) >= 11 is 0. The highest BCUT2D eigenvalue weighted by Gasteiger charge is 2.27. The van der Waals surface area contributed by atoms with Gasteiger partial charge >= 0.3 is 0 Å². The molecule has 0 saturated carbocycles. The Labute approximate surface area is 176 Å². The second-order valence-corrected chi connectivity index (χ2v) is 8.07. The van der Waals surface area contributed by atoms with E-state index in [9.17, 15) is 13.9 Å². The lowest BCUT2D eigenvalue weighted by atomic mass is 9.88. The number of fused-ring (bicyclic) bond motifs is 1. The third-order valence-corrected chi connectivity index (χ3v) is 5.90. The molecule has 2 unspecified atom stereocenters. The molecule has 0 fully saturated rings. The lowest BCUT2D eigenvalue weighted by molar-refractivity contribution is 0.334. The molecule has 0 spiro atoms. The molecule has 4 rings (SSSR count). The summed E-state index contributed by atoms with van der Waals surface area (Å²) in [4.78, 5) is 0. The first-order chi connectivity index (χ1) is 14.6. The van der Waals surface area contributed by atoms with Crippen LogP contribution < -0.4 is 10.1 Å². The average Bonchev–Trinajstić information content (AvgIpc) is 3.11. The first kappa shape index (κ1) is 20.5. The molecule has 0 bridgehead atoms. The number of rotatable bonds is 4. The Balaban J connectivity index is 1.41. The Morgan fingerprint density at radius 3 is 2.73 bits per heavy atom. The van der Waals surface area contributed by atoms with Gasteiger partial charge in [-0.05, 0) is 67.9 Å². The summed E-state index contributed by atoms with van der Waals surface area (Å²) in [5, 5.41) is 13.7. The van der Waals surface area contributed by atoms with Crippen molar-refractivity contribution >= 4 is 5.57 Å². The van der Waals surface area contributed by atoms with E-state index in [0.717, 1.165) is 55.4 Å². The quantitative estimate of drug-likeness (QED) is 0.652. The summed E-state index contributed by atoms with van der Waals surface area (Å²) in [6.07, 6.45) is 10.3. The van der Waals surface area contributed by atoms with Gasteiger partial charge in [0.15, 0.2) is 0 Å². The van der Waals surface area contributed by atoms with Gasteiger partial charge in [-0.15, -0.1) is 0 Å². The Hall–Kier alpha value is -2.82. The molecule has 2 aliphatic rings. The minimum Gasteiger partial charge on any atom is -0.507 e. The predicted molar refractivity (Wildman–Crippen MR) is 114 cm³/mol. The van der Waals surface area contributed by atoms with Crippen LogP contribution in [0.4, 0.5) is 8.78 Å². The maximum Gasteiger partial charge on any atom is 0.127 e. The van der Waals surface area contributed by atoms with Crippen molar-refractivity contribution in [2.75, 3.05) is 6.61 Å². The summed E-state index contributed by atoms with van der Waals surface area (Å²) in [6, 6.07) is 10.8. The molecule has 2 aromatic carbocycles. The van der Waals surface area contributed by atoms with Crippen LogP contribution in [0, 0.1) is 17.6 Å². The summed E-state index contributed by atoms with van der Waals surface area (Å²) in [5.74, 6) is 0.228. The molecule has 158 valence electrons. The van der Waals surface area contributed by atoms with E-state index in [-0.39, 0.29) is 11.6 Å². The van der Waals surface area contributed by atoms with Crippen LogP contribution in [0.15, 0.2) is 60.3 Å². The molecule has 30 heavy (non-hydrogen) atoms.